The quantitative estimate of drug-likeness (QED) is 0.212. The van der Waals surface area contributed by atoms with Crippen LogP contribution in [0.5, 0.6) is 0 Å². The molecule has 1 aliphatic rings. The van der Waals surface area contributed by atoms with Crippen molar-refractivity contribution in [1.82, 2.24) is 26.3 Å². The van der Waals surface area contributed by atoms with Crippen molar-refractivity contribution in [2.24, 2.45) is 5.92 Å². The first-order valence-electron chi connectivity index (χ1n) is 14.2. The van der Waals surface area contributed by atoms with Gasteiger partial charge in [-0.3, -0.25) is 24.0 Å². The molecule has 0 bridgehead atoms. The van der Waals surface area contributed by atoms with E-state index in [1.807, 2.05) is 0 Å². The van der Waals surface area contributed by atoms with Crippen LogP contribution in [0.3, 0.4) is 0 Å². The van der Waals surface area contributed by atoms with Crippen LogP contribution < -0.4 is 21.3 Å². The van der Waals surface area contributed by atoms with Gasteiger partial charge in [0, 0.05) is 40.3 Å². The number of H-pyrrole nitrogens is 1. The van der Waals surface area contributed by atoms with Gasteiger partial charge >= 0.3 is 0 Å². The summed E-state index contributed by atoms with van der Waals surface area (Å²) in [5.41, 5.74) is 0.249. The minimum Gasteiger partial charge on any atom is -0.356 e. The highest BCUT2D eigenvalue weighted by Crippen LogP contribution is 2.28. The number of fused-ring (bicyclic) bond motifs is 1. The standard InChI is InChI=1S/C31H34Cl2FN5O5/c1-31(2,3)39-30(44)26(40)23(12-17-7-5-9-35-27(17)41)37-28(42)24(11-16-6-4-8-19(34)10-16)38-29(43)25-15-20-21(33)13-18(32)14-22(20)36-25/h4,6,8,10,13-15,17,23-24,36H,5,7,9,11-12H2,1-3H3,(H,35,41)(H,37,42)(H,38,43)(H,39,44)/t17-,23?,24-/m0/s1. The number of hydrogen-bond donors (Lipinski definition) is 5. The highest BCUT2D eigenvalue weighted by Gasteiger charge is 2.36. The number of ketones is 1. The molecule has 4 rings (SSSR count). The molecule has 5 N–H and O–H groups in total. The van der Waals surface area contributed by atoms with Crippen LogP contribution in [-0.4, -0.2) is 58.6 Å². The second-order valence-corrected chi connectivity index (χ2v) is 12.7. The van der Waals surface area contributed by atoms with Crippen molar-refractivity contribution < 1.29 is 28.4 Å². The summed E-state index contributed by atoms with van der Waals surface area (Å²) < 4.78 is 14.0. The summed E-state index contributed by atoms with van der Waals surface area (Å²) in [6, 6.07) is 7.50. The van der Waals surface area contributed by atoms with E-state index in [2.05, 4.69) is 26.3 Å². The summed E-state index contributed by atoms with van der Waals surface area (Å²) in [7, 11) is 0. The predicted octanol–water partition coefficient (Wildman–Crippen LogP) is 3.84. The molecule has 0 saturated carbocycles. The fourth-order valence-electron chi connectivity index (χ4n) is 5.04. The second-order valence-electron chi connectivity index (χ2n) is 11.9. The van der Waals surface area contributed by atoms with Gasteiger partial charge < -0.3 is 26.3 Å². The number of hydrogen-bond acceptors (Lipinski definition) is 5. The topological polar surface area (TPSA) is 149 Å². The van der Waals surface area contributed by atoms with Gasteiger partial charge in [-0.1, -0.05) is 35.3 Å². The molecule has 0 radical (unpaired) electrons. The van der Waals surface area contributed by atoms with Crippen molar-refractivity contribution in [2.75, 3.05) is 6.54 Å². The van der Waals surface area contributed by atoms with Gasteiger partial charge in [0.2, 0.25) is 17.6 Å². The third-order valence-electron chi connectivity index (χ3n) is 7.11. The number of amides is 4. The average molecular weight is 647 g/mol. The molecular formula is C31H34Cl2FN5O5. The molecule has 1 aliphatic heterocycles. The summed E-state index contributed by atoms with van der Waals surface area (Å²) in [5.74, 6) is -4.74. The lowest BCUT2D eigenvalue weighted by molar-refractivity contribution is -0.142. The molecule has 1 aromatic heterocycles. The molecule has 0 spiro atoms. The van der Waals surface area contributed by atoms with E-state index >= 15 is 0 Å². The van der Waals surface area contributed by atoms with Gasteiger partial charge in [0.25, 0.3) is 11.8 Å². The average Bonchev–Trinajstić information content (AvgIpc) is 3.37. The number of aromatic amines is 1. The molecule has 10 nitrogen and oxygen atoms in total. The van der Waals surface area contributed by atoms with E-state index in [0.717, 1.165) is 0 Å². The Balaban J connectivity index is 1.62. The third-order valence-corrected chi connectivity index (χ3v) is 7.64. The molecule has 44 heavy (non-hydrogen) atoms. The summed E-state index contributed by atoms with van der Waals surface area (Å²) in [4.78, 5) is 68.8. The number of piperidine rings is 1. The zero-order chi connectivity index (χ0) is 32.2. The van der Waals surface area contributed by atoms with Gasteiger partial charge in [-0.05, 0) is 75.9 Å². The van der Waals surface area contributed by atoms with E-state index in [1.54, 1.807) is 32.9 Å². The van der Waals surface area contributed by atoms with Crippen molar-refractivity contribution in [1.29, 1.82) is 0 Å². The lowest BCUT2D eigenvalue weighted by Gasteiger charge is -2.28. The minimum atomic E-state index is -1.36. The van der Waals surface area contributed by atoms with Crippen LogP contribution in [0.1, 0.15) is 56.1 Å². The van der Waals surface area contributed by atoms with Gasteiger partial charge in [0.05, 0.1) is 11.1 Å². The van der Waals surface area contributed by atoms with Crippen molar-refractivity contribution >= 4 is 63.5 Å². The van der Waals surface area contributed by atoms with Gasteiger partial charge in [0.1, 0.15) is 17.6 Å². The van der Waals surface area contributed by atoms with Gasteiger partial charge in [-0.15, -0.1) is 0 Å². The molecule has 1 saturated heterocycles. The van der Waals surface area contributed by atoms with E-state index in [-0.39, 0.29) is 24.4 Å². The van der Waals surface area contributed by atoms with Crippen LogP contribution in [0, 0.1) is 11.7 Å². The van der Waals surface area contributed by atoms with Crippen LogP contribution in [-0.2, 0) is 25.6 Å². The van der Waals surface area contributed by atoms with Crippen molar-refractivity contribution in [3.63, 3.8) is 0 Å². The highest BCUT2D eigenvalue weighted by atomic mass is 35.5. The Hall–Kier alpha value is -3.96. The third kappa shape index (κ3) is 8.57. The fourth-order valence-corrected chi connectivity index (χ4v) is 5.58. The Kier molecular flexibility index (Phi) is 10.3. The van der Waals surface area contributed by atoms with Crippen LogP contribution >= 0.6 is 23.2 Å². The largest absolute Gasteiger partial charge is 0.356 e. The molecule has 0 aliphatic carbocycles. The number of Topliss-reactive ketones (excluding diaryl/α,β-unsaturated/α-hetero) is 1. The number of halogens is 3. The first-order chi connectivity index (χ1) is 20.7. The Labute approximate surface area is 263 Å². The van der Waals surface area contributed by atoms with E-state index < -0.39 is 52.9 Å². The number of benzene rings is 2. The Morgan fingerprint density at radius 3 is 2.48 bits per heavy atom. The van der Waals surface area contributed by atoms with E-state index in [0.29, 0.717) is 45.9 Å². The van der Waals surface area contributed by atoms with E-state index in [4.69, 9.17) is 23.2 Å². The summed E-state index contributed by atoms with van der Waals surface area (Å²) in [6.45, 7) is 5.61. The zero-order valence-electron chi connectivity index (χ0n) is 24.5. The molecule has 1 fully saturated rings. The zero-order valence-corrected chi connectivity index (χ0v) is 26.0. The fraction of sp³-hybridized carbons (Fsp3) is 0.387. The molecule has 234 valence electrons. The maximum atomic E-state index is 14.0. The number of rotatable bonds is 10. The molecule has 3 aromatic rings. The van der Waals surface area contributed by atoms with E-state index in [9.17, 15) is 28.4 Å². The van der Waals surface area contributed by atoms with Gasteiger partial charge in [-0.25, -0.2) is 4.39 Å². The van der Waals surface area contributed by atoms with Gasteiger partial charge in [-0.2, -0.15) is 0 Å². The molecule has 2 heterocycles. The van der Waals surface area contributed by atoms with Gasteiger partial charge in [0.15, 0.2) is 0 Å². The molecule has 2 aromatic carbocycles. The van der Waals surface area contributed by atoms with E-state index in [1.165, 1.54) is 30.3 Å². The predicted molar refractivity (Wildman–Crippen MR) is 165 cm³/mol. The Bertz CT molecular complexity index is 1600. The molecule has 1 unspecified atom stereocenters. The number of carbonyl (C=O) groups is 5. The molecule has 4 amide bonds. The highest BCUT2D eigenvalue weighted by molar-refractivity contribution is 6.39. The summed E-state index contributed by atoms with van der Waals surface area (Å²) in [6.07, 6.45) is 0.900. The van der Waals surface area contributed by atoms with Crippen LogP contribution in [0.25, 0.3) is 10.9 Å². The summed E-state index contributed by atoms with van der Waals surface area (Å²) in [5, 5.41) is 11.8. The lowest BCUT2D eigenvalue weighted by atomic mass is 9.89. The maximum Gasteiger partial charge on any atom is 0.290 e. The number of nitrogens with one attached hydrogen (secondary N) is 5. The SMILES string of the molecule is CC(C)(C)NC(=O)C(=O)C(C[C@@H]1CCCNC1=O)NC(=O)[C@H](Cc1cccc(F)c1)NC(=O)c1cc2c(Cl)cc(Cl)cc2[nH]1. The van der Waals surface area contributed by atoms with Crippen molar-refractivity contribution in [3.8, 4) is 0 Å². The van der Waals surface area contributed by atoms with Crippen molar-refractivity contribution in [3.05, 3.63) is 69.6 Å². The number of aromatic nitrogens is 1. The normalized spacial score (nSPS) is 16.5. The Morgan fingerprint density at radius 2 is 1.80 bits per heavy atom. The summed E-state index contributed by atoms with van der Waals surface area (Å²) >= 11 is 12.4. The maximum absolute atomic E-state index is 14.0. The number of carbonyl (C=O) groups excluding carboxylic acids is 5. The van der Waals surface area contributed by atoms with Crippen LogP contribution in [0.4, 0.5) is 4.39 Å². The molecule has 13 heteroatoms. The lowest BCUT2D eigenvalue weighted by Crippen LogP contribution is -2.57. The Morgan fingerprint density at radius 1 is 1.05 bits per heavy atom. The smallest absolute Gasteiger partial charge is 0.290 e. The minimum absolute atomic E-state index is 0.0808. The van der Waals surface area contributed by atoms with Crippen molar-refractivity contribution in [2.45, 2.75) is 64.1 Å². The first kappa shape index (κ1) is 32.9. The first-order valence-corrected chi connectivity index (χ1v) is 14.9. The second kappa shape index (κ2) is 13.8. The molecular weight excluding hydrogens is 612 g/mol. The van der Waals surface area contributed by atoms with Crippen LogP contribution in [0.15, 0.2) is 42.5 Å². The monoisotopic (exact) mass is 645 g/mol. The van der Waals surface area contributed by atoms with Crippen LogP contribution in [0.2, 0.25) is 10.0 Å². The molecule has 3 atom stereocenters.